The predicted octanol–water partition coefficient (Wildman–Crippen LogP) is 4.35. The van der Waals surface area contributed by atoms with Gasteiger partial charge in [0.05, 0.1) is 6.04 Å². The second-order valence-electron chi connectivity index (χ2n) is 8.09. The van der Waals surface area contributed by atoms with Crippen LogP contribution in [0.25, 0.3) is 0 Å². The Morgan fingerprint density at radius 2 is 1.81 bits per heavy atom. The monoisotopic (exact) mass is 386 g/mol. The Kier molecular flexibility index (Phi) is 7.03. The number of nitrogens with two attached hydrogens (primary N) is 1. The number of fused-ring (bicyclic) bond motifs is 2. The molecule has 0 aromatic heterocycles. The summed E-state index contributed by atoms with van der Waals surface area (Å²) in [5.74, 6) is -0.447. The Labute approximate surface area is 160 Å². The van der Waals surface area contributed by atoms with Crippen LogP contribution in [0, 0.1) is 35.3 Å². The van der Waals surface area contributed by atoms with Crippen molar-refractivity contribution in [2.75, 3.05) is 0 Å². The van der Waals surface area contributed by atoms with Crippen LogP contribution in [-0.2, 0) is 4.79 Å². The van der Waals surface area contributed by atoms with Crippen LogP contribution >= 0.6 is 12.4 Å². The highest BCUT2D eigenvalue weighted by Crippen LogP contribution is 2.42. The summed E-state index contributed by atoms with van der Waals surface area (Å²) in [6, 6.07) is 3.31. The van der Waals surface area contributed by atoms with Crippen molar-refractivity contribution in [3.05, 3.63) is 35.4 Å². The van der Waals surface area contributed by atoms with Gasteiger partial charge in [-0.3, -0.25) is 4.79 Å². The third kappa shape index (κ3) is 4.37. The standard InChI is InChI=1S/C20H28F2N2O.ClH/c1-11(2)19(16-7-6-15(21)10-17(16)22)24-20(25)14-8-12-4-3-5-13(9-14)18(12)23;/h6-7,10-14,18-19H,3-5,8-9,23H2,1-2H3,(H,24,25);1H. The second kappa shape index (κ2) is 8.66. The minimum absolute atomic E-state index is 0. The topological polar surface area (TPSA) is 55.1 Å². The molecule has 3 unspecified atom stereocenters. The van der Waals surface area contributed by atoms with Crippen molar-refractivity contribution in [1.82, 2.24) is 5.32 Å². The average molecular weight is 387 g/mol. The van der Waals surface area contributed by atoms with Crippen LogP contribution < -0.4 is 11.1 Å². The molecule has 1 amide bonds. The number of amides is 1. The number of carbonyl (C=O) groups is 1. The molecule has 26 heavy (non-hydrogen) atoms. The largest absolute Gasteiger partial charge is 0.349 e. The molecule has 3 nitrogen and oxygen atoms in total. The summed E-state index contributed by atoms with van der Waals surface area (Å²) in [7, 11) is 0. The lowest BCUT2D eigenvalue weighted by atomic mass is 9.65. The molecular weight excluding hydrogens is 358 g/mol. The fraction of sp³-hybridized carbons (Fsp3) is 0.650. The summed E-state index contributed by atoms with van der Waals surface area (Å²) < 4.78 is 27.4. The first-order valence-electron chi connectivity index (χ1n) is 9.37. The predicted molar refractivity (Wildman–Crippen MR) is 101 cm³/mol. The minimum Gasteiger partial charge on any atom is -0.349 e. The SMILES string of the molecule is CC(C)C(NC(=O)C1CC2CCCC(C1)C2N)c1ccc(F)cc1F.Cl. The fourth-order valence-corrected chi connectivity index (χ4v) is 4.63. The van der Waals surface area contributed by atoms with E-state index in [2.05, 4.69) is 5.32 Å². The number of nitrogens with one attached hydrogen (secondary N) is 1. The number of carbonyl (C=O) groups excluding carboxylic acids is 1. The van der Waals surface area contributed by atoms with Crippen LogP contribution in [0.5, 0.6) is 0 Å². The van der Waals surface area contributed by atoms with E-state index >= 15 is 0 Å². The van der Waals surface area contributed by atoms with Gasteiger partial charge in [-0.2, -0.15) is 0 Å². The number of benzene rings is 1. The van der Waals surface area contributed by atoms with Crippen LogP contribution in [-0.4, -0.2) is 11.9 Å². The molecule has 2 aliphatic rings. The number of halogens is 3. The number of rotatable bonds is 4. The first-order chi connectivity index (χ1) is 11.9. The zero-order valence-electron chi connectivity index (χ0n) is 15.4. The maximum atomic E-state index is 14.2. The van der Waals surface area contributed by atoms with Gasteiger partial charge in [0.1, 0.15) is 11.6 Å². The number of hydrogen-bond donors (Lipinski definition) is 2. The van der Waals surface area contributed by atoms with Gasteiger partial charge >= 0.3 is 0 Å². The van der Waals surface area contributed by atoms with Crippen molar-refractivity contribution < 1.29 is 13.6 Å². The maximum absolute atomic E-state index is 14.2. The summed E-state index contributed by atoms with van der Waals surface area (Å²) in [4.78, 5) is 12.9. The smallest absolute Gasteiger partial charge is 0.223 e. The summed E-state index contributed by atoms with van der Waals surface area (Å²) >= 11 is 0. The molecule has 3 rings (SSSR count). The lowest BCUT2D eigenvalue weighted by molar-refractivity contribution is -0.129. The van der Waals surface area contributed by atoms with E-state index in [0.29, 0.717) is 17.4 Å². The summed E-state index contributed by atoms with van der Waals surface area (Å²) in [6.45, 7) is 3.86. The molecule has 3 atom stereocenters. The van der Waals surface area contributed by atoms with Crippen molar-refractivity contribution >= 4 is 18.3 Å². The van der Waals surface area contributed by atoms with Crippen LogP contribution in [0.15, 0.2) is 18.2 Å². The Balaban J connectivity index is 0.00000243. The molecule has 0 spiro atoms. The van der Waals surface area contributed by atoms with E-state index in [4.69, 9.17) is 5.73 Å². The van der Waals surface area contributed by atoms with Crippen molar-refractivity contribution in [3.63, 3.8) is 0 Å². The molecule has 0 heterocycles. The molecule has 3 N–H and O–H groups in total. The molecule has 0 aliphatic heterocycles. The first kappa shape index (κ1) is 21.1. The van der Waals surface area contributed by atoms with Crippen LogP contribution in [0.1, 0.15) is 57.6 Å². The summed E-state index contributed by atoms with van der Waals surface area (Å²) in [5, 5.41) is 3.02. The van der Waals surface area contributed by atoms with Crippen molar-refractivity contribution in [1.29, 1.82) is 0 Å². The third-order valence-electron chi connectivity index (χ3n) is 6.05. The first-order valence-corrected chi connectivity index (χ1v) is 9.37. The molecule has 0 radical (unpaired) electrons. The van der Waals surface area contributed by atoms with E-state index in [1.165, 1.54) is 18.6 Å². The molecule has 2 saturated carbocycles. The van der Waals surface area contributed by atoms with Gasteiger partial charge in [-0.05, 0) is 49.5 Å². The van der Waals surface area contributed by atoms with Gasteiger partial charge in [0, 0.05) is 23.6 Å². The molecule has 2 fully saturated rings. The van der Waals surface area contributed by atoms with Gasteiger partial charge < -0.3 is 11.1 Å². The molecular formula is C20H29ClF2N2O. The maximum Gasteiger partial charge on any atom is 0.223 e. The molecule has 1 aromatic rings. The Hall–Kier alpha value is -1.20. The van der Waals surface area contributed by atoms with Gasteiger partial charge in [0.2, 0.25) is 5.91 Å². The van der Waals surface area contributed by atoms with Gasteiger partial charge in [-0.25, -0.2) is 8.78 Å². The molecule has 146 valence electrons. The molecule has 0 saturated heterocycles. The van der Waals surface area contributed by atoms with E-state index in [1.54, 1.807) is 0 Å². The normalized spacial score (nSPS) is 29.0. The number of hydrogen-bond acceptors (Lipinski definition) is 2. The quantitative estimate of drug-likeness (QED) is 0.808. The Morgan fingerprint density at radius 1 is 1.19 bits per heavy atom. The van der Waals surface area contributed by atoms with Crippen molar-refractivity contribution in [3.8, 4) is 0 Å². The highest BCUT2D eigenvalue weighted by atomic mass is 35.5. The van der Waals surface area contributed by atoms with Crippen LogP contribution in [0.2, 0.25) is 0 Å². The Bertz CT molecular complexity index is 626. The van der Waals surface area contributed by atoms with E-state index in [9.17, 15) is 13.6 Å². The van der Waals surface area contributed by atoms with E-state index in [-0.39, 0.29) is 36.2 Å². The van der Waals surface area contributed by atoms with Gasteiger partial charge in [-0.15, -0.1) is 12.4 Å². The highest BCUT2D eigenvalue weighted by molar-refractivity contribution is 5.85. The third-order valence-corrected chi connectivity index (χ3v) is 6.05. The second-order valence-corrected chi connectivity index (χ2v) is 8.09. The molecule has 2 aliphatic carbocycles. The zero-order valence-corrected chi connectivity index (χ0v) is 16.2. The molecule has 2 bridgehead atoms. The van der Waals surface area contributed by atoms with Gasteiger partial charge in [-0.1, -0.05) is 26.3 Å². The van der Waals surface area contributed by atoms with Crippen LogP contribution in [0.4, 0.5) is 8.78 Å². The van der Waals surface area contributed by atoms with Crippen LogP contribution in [0.3, 0.4) is 0 Å². The summed E-state index contributed by atoms with van der Waals surface area (Å²) in [5.41, 5.74) is 6.65. The summed E-state index contributed by atoms with van der Waals surface area (Å²) in [6.07, 6.45) is 5.04. The molecule has 6 heteroatoms. The Morgan fingerprint density at radius 3 is 2.35 bits per heavy atom. The average Bonchev–Trinajstić information content (AvgIpc) is 2.52. The van der Waals surface area contributed by atoms with E-state index < -0.39 is 17.7 Å². The molecule has 1 aromatic carbocycles. The van der Waals surface area contributed by atoms with Gasteiger partial charge in [0.15, 0.2) is 0 Å². The van der Waals surface area contributed by atoms with Crippen molar-refractivity contribution in [2.45, 2.75) is 58.0 Å². The fourth-order valence-electron chi connectivity index (χ4n) is 4.63. The van der Waals surface area contributed by atoms with E-state index in [0.717, 1.165) is 31.7 Å². The van der Waals surface area contributed by atoms with E-state index in [1.807, 2.05) is 13.8 Å². The lowest BCUT2D eigenvalue weighted by Crippen LogP contribution is -2.49. The van der Waals surface area contributed by atoms with Crippen molar-refractivity contribution in [2.24, 2.45) is 29.4 Å². The zero-order chi connectivity index (χ0) is 18.1. The highest BCUT2D eigenvalue weighted by Gasteiger charge is 2.41. The van der Waals surface area contributed by atoms with Gasteiger partial charge in [0.25, 0.3) is 0 Å². The minimum atomic E-state index is -0.610. The lowest BCUT2D eigenvalue weighted by Gasteiger charge is -2.43.